The molecule has 0 saturated heterocycles. The van der Waals surface area contributed by atoms with E-state index in [2.05, 4.69) is 180 Å². The Morgan fingerprint density at radius 2 is 0.720 bits per heavy atom. The van der Waals surface area contributed by atoms with Crippen LogP contribution in [0.3, 0.4) is 0 Å². The minimum Gasteiger partial charge on any atom is -0.456 e. The number of hydrogen-bond acceptors (Lipinski definition) is 1. The van der Waals surface area contributed by atoms with Crippen LogP contribution in [0.15, 0.2) is 192 Å². The summed E-state index contributed by atoms with van der Waals surface area (Å²) in [7, 11) is 0. The van der Waals surface area contributed by atoms with Crippen LogP contribution < -0.4 is 0 Å². The Kier molecular flexibility index (Phi) is 6.53. The van der Waals surface area contributed by atoms with Crippen molar-refractivity contribution in [2.45, 2.75) is 0 Å². The molecule has 0 amide bonds. The van der Waals surface area contributed by atoms with Gasteiger partial charge in [-0.25, -0.2) is 0 Å². The summed E-state index contributed by atoms with van der Waals surface area (Å²) in [6.07, 6.45) is 0. The van der Waals surface area contributed by atoms with Gasteiger partial charge in [-0.05, 0) is 105 Å². The van der Waals surface area contributed by atoms with E-state index in [1.807, 2.05) is 12.1 Å². The first-order valence-corrected chi connectivity index (χ1v) is 17.1. The van der Waals surface area contributed by atoms with Crippen LogP contribution in [-0.4, -0.2) is 4.57 Å². The summed E-state index contributed by atoms with van der Waals surface area (Å²) in [5.74, 6) is 0. The van der Waals surface area contributed by atoms with E-state index in [1.54, 1.807) is 0 Å². The van der Waals surface area contributed by atoms with Gasteiger partial charge in [0.25, 0.3) is 0 Å². The lowest BCUT2D eigenvalue weighted by atomic mass is 9.92. The van der Waals surface area contributed by atoms with Crippen molar-refractivity contribution in [1.82, 2.24) is 4.57 Å². The molecule has 10 aromatic rings. The maximum absolute atomic E-state index is 6.07. The van der Waals surface area contributed by atoms with E-state index in [-0.39, 0.29) is 0 Å². The van der Waals surface area contributed by atoms with E-state index in [9.17, 15) is 0 Å². The fourth-order valence-electron chi connectivity index (χ4n) is 7.52. The second-order valence-corrected chi connectivity index (χ2v) is 13.0. The number of fused-ring (bicyclic) bond motifs is 6. The average Bonchev–Trinajstić information content (AvgIpc) is 3.74. The smallest absolute Gasteiger partial charge is 0.135 e. The number of benzene rings is 8. The molecule has 0 aliphatic carbocycles. The molecule has 2 aromatic heterocycles. The van der Waals surface area contributed by atoms with Gasteiger partial charge in [-0.3, -0.25) is 0 Å². The Labute approximate surface area is 290 Å². The molecule has 8 aromatic carbocycles. The number of rotatable bonds is 5. The number of aromatic nitrogens is 1. The van der Waals surface area contributed by atoms with Crippen LogP contribution in [0.4, 0.5) is 0 Å². The molecule has 0 bridgehead atoms. The van der Waals surface area contributed by atoms with Gasteiger partial charge >= 0.3 is 0 Å². The average molecular weight is 638 g/mol. The molecule has 2 heteroatoms. The summed E-state index contributed by atoms with van der Waals surface area (Å²) < 4.78 is 8.44. The summed E-state index contributed by atoms with van der Waals surface area (Å²) in [5.41, 5.74) is 14.9. The Hall–Kier alpha value is -6.64. The van der Waals surface area contributed by atoms with E-state index in [1.165, 1.54) is 66.3 Å². The van der Waals surface area contributed by atoms with Crippen LogP contribution in [-0.2, 0) is 0 Å². The van der Waals surface area contributed by atoms with Gasteiger partial charge in [0.05, 0.1) is 11.0 Å². The first-order valence-electron chi connectivity index (χ1n) is 17.1. The lowest BCUT2D eigenvalue weighted by Gasteiger charge is -2.13. The third kappa shape index (κ3) is 4.73. The van der Waals surface area contributed by atoms with Gasteiger partial charge in [-0.1, -0.05) is 127 Å². The Morgan fingerprint density at radius 1 is 0.280 bits per heavy atom. The number of hydrogen-bond donors (Lipinski definition) is 0. The second kappa shape index (κ2) is 11.5. The molecule has 10 rings (SSSR count). The van der Waals surface area contributed by atoms with Gasteiger partial charge in [-0.2, -0.15) is 0 Å². The van der Waals surface area contributed by atoms with Crippen molar-refractivity contribution < 1.29 is 4.42 Å². The lowest BCUT2D eigenvalue weighted by molar-refractivity contribution is 0.669. The minimum atomic E-state index is 0.917. The summed E-state index contributed by atoms with van der Waals surface area (Å²) in [6.45, 7) is 0. The first-order chi connectivity index (χ1) is 24.8. The second-order valence-electron chi connectivity index (χ2n) is 13.0. The van der Waals surface area contributed by atoms with Crippen LogP contribution in [0.2, 0.25) is 0 Å². The molecule has 0 fully saturated rings. The highest BCUT2D eigenvalue weighted by Crippen LogP contribution is 2.37. The van der Waals surface area contributed by atoms with E-state index in [0.29, 0.717) is 0 Å². The maximum atomic E-state index is 6.07. The van der Waals surface area contributed by atoms with Crippen LogP contribution in [0.25, 0.3) is 93.9 Å². The topological polar surface area (TPSA) is 18.1 Å². The van der Waals surface area contributed by atoms with Crippen molar-refractivity contribution in [2.75, 3.05) is 0 Å². The number of para-hydroxylation sites is 3. The predicted octanol–water partition coefficient (Wildman–Crippen LogP) is 13.4. The van der Waals surface area contributed by atoms with Crippen LogP contribution >= 0.6 is 0 Å². The molecule has 0 saturated carbocycles. The highest BCUT2D eigenvalue weighted by molar-refractivity contribution is 6.09. The van der Waals surface area contributed by atoms with Gasteiger partial charge in [0.2, 0.25) is 0 Å². The van der Waals surface area contributed by atoms with Gasteiger partial charge in [0.15, 0.2) is 0 Å². The molecular weight excluding hydrogens is 607 g/mol. The van der Waals surface area contributed by atoms with E-state index in [0.717, 1.165) is 27.6 Å². The van der Waals surface area contributed by atoms with Gasteiger partial charge < -0.3 is 8.98 Å². The third-order valence-corrected chi connectivity index (χ3v) is 10.0. The zero-order valence-electron chi connectivity index (χ0n) is 27.3. The standard InChI is InChI=1S/C48H31NO/c1-2-10-32(11-3-1)37-28-38(34-20-18-33(19-21-34)36-24-27-48-44(31-36)43-14-6-9-17-47(43)50-48)30-39(29-37)35-22-25-40(26-23-35)49-45-15-7-4-12-41(45)42-13-5-8-16-46(42)49/h1-31H. The minimum absolute atomic E-state index is 0.917. The van der Waals surface area contributed by atoms with Gasteiger partial charge in [0, 0.05) is 27.2 Å². The Bertz CT molecular complexity index is 2780. The van der Waals surface area contributed by atoms with Crippen LogP contribution in [0.5, 0.6) is 0 Å². The fourth-order valence-corrected chi connectivity index (χ4v) is 7.52. The monoisotopic (exact) mass is 637 g/mol. The molecule has 0 aliphatic heterocycles. The summed E-state index contributed by atoms with van der Waals surface area (Å²) in [5, 5.41) is 4.84. The van der Waals surface area contributed by atoms with Crippen LogP contribution in [0.1, 0.15) is 0 Å². The third-order valence-electron chi connectivity index (χ3n) is 10.0. The van der Waals surface area contributed by atoms with Crippen LogP contribution in [0, 0.1) is 0 Å². The quantitative estimate of drug-likeness (QED) is 0.184. The molecule has 0 aliphatic rings. The van der Waals surface area contributed by atoms with E-state index in [4.69, 9.17) is 4.42 Å². The van der Waals surface area contributed by atoms with Gasteiger partial charge in [0.1, 0.15) is 11.2 Å². The maximum Gasteiger partial charge on any atom is 0.135 e. The largest absolute Gasteiger partial charge is 0.456 e. The van der Waals surface area contributed by atoms with Crippen molar-refractivity contribution in [1.29, 1.82) is 0 Å². The molecular formula is C48H31NO. The van der Waals surface area contributed by atoms with Crippen molar-refractivity contribution in [3.8, 4) is 50.2 Å². The Morgan fingerprint density at radius 3 is 1.34 bits per heavy atom. The van der Waals surface area contributed by atoms with Crippen molar-refractivity contribution in [3.05, 3.63) is 188 Å². The fraction of sp³-hybridized carbons (Fsp3) is 0. The SMILES string of the molecule is c1ccc(-c2cc(-c3ccc(-c4ccc5oc6ccccc6c5c4)cc3)cc(-c3ccc(-n4c5ccccc5c5ccccc54)cc3)c2)cc1. The highest BCUT2D eigenvalue weighted by atomic mass is 16.3. The van der Waals surface area contributed by atoms with Crippen molar-refractivity contribution in [3.63, 3.8) is 0 Å². The molecule has 234 valence electrons. The predicted molar refractivity (Wildman–Crippen MR) is 210 cm³/mol. The summed E-state index contributed by atoms with van der Waals surface area (Å²) >= 11 is 0. The van der Waals surface area contributed by atoms with Crippen molar-refractivity contribution >= 4 is 43.7 Å². The zero-order chi connectivity index (χ0) is 33.0. The molecule has 0 spiro atoms. The molecule has 2 nitrogen and oxygen atoms in total. The molecule has 0 N–H and O–H groups in total. The van der Waals surface area contributed by atoms with E-state index >= 15 is 0 Å². The van der Waals surface area contributed by atoms with E-state index < -0.39 is 0 Å². The Balaban J connectivity index is 1.04. The molecule has 50 heavy (non-hydrogen) atoms. The number of furan rings is 1. The summed E-state index contributed by atoms with van der Waals surface area (Å²) in [4.78, 5) is 0. The van der Waals surface area contributed by atoms with Gasteiger partial charge in [-0.15, -0.1) is 0 Å². The molecule has 2 heterocycles. The first kappa shape index (κ1) is 28.4. The normalized spacial score (nSPS) is 11.6. The number of nitrogens with zero attached hydrogens (tertiary/aromatic N) is 1. The molecule has 0 atom stereocenters. The zero-order valence-corrected chi connectivity index (χ0v) is 27.3. The van der Waals surface area contributed by atoms with Crippen molar-refractivity contribution in [2.24, 2.45) is 0 Å². The highest BCUT2D eigenvalue weighted by Gasteiger charge is 2.13. The summed E-state index contributed by atoms with van der Waals surface area (Å²) in [6, 6.07) is 67.6. The molecule has 0 radical (unpaired) electrons. The lowest BCUT2D eigenvalue weighted by Crippen LogP contribution is -1.93. The molecule has 0 unspecified atom stereocenters.